The van der Waals surface area contributed by atoms with E-state index in [2.05, 4.69) is 38.0 Å². The van der Waals surface area contributed by atoms with Crippen LogP contribution in [0.1, 0.15) is 71.8 Å². The van der Waals surface area contributed by atoms with Crippen LogP contribution in [0.25, 0.3) is 10.2 Å². The van der Waals surface area contributed by atoms with Crippen molar-refractivity contribution in [1.29, 1.82) is 0 Å². The number of fused-ring (bicyclic) bond motifs is 1. The Hall–Kier alpha value is -3.04. The molecule has 2 amide bonds. The van der Waals surface area contributed by atoms with Crippen LogP contribution in [0.4, 0.5) is 10.1 Å². The zero-order valence-electron chi connectivity index (χ0n) is 23.6. The Morgan fingerprint density at radius 1 is 1.13 bits per heavy atom. The summed E-state index contributed by atoms with van der Waals surface area (Å²) in [7, 11) is 3.23. The molecule has 0 radical (unpaired) electrons. The summed E-state index contributed by atoms with van der Waals surface area (Å²) in [6.07, 6.45) is 2.59. The molecule has 1 aromatic heterocycles. The highest BCUT2D eigenvalue weighted by atomic mass is 32.1. The Kier molecular flexibility index (Phi) is 11.7. The van der Waals surface area contributed by atoms with E-state index in [1.54, 1.807) is 19.2 Å². The Labute approximate surface area is 228 Å². The van der Waals surface area contributed by atoms with Crippen LogP contribution in [0, 0.1) is 37.4 Å². The highest BCUT2D eigenvalue weighted by Crippen LogP contribution is 2.33. The molecule has 1 heterocycles. The molecule has 0 aliphatic rings. The first-order valence-electron chi connectivity index (χ1n) is 12.8. The third-order valence-electron chi connectivity index (χ3n) is 6.73. The van der Waals surface area contributed by atoms with Crippen LogP contribution in [-0.2, 0) is 4.74 Å². The molecule has 3 N–H and O–H groups in total. The number of thiazole rings is 1. The summed E-state index contributed by atoms with van der Waals surface area (Å²) in [6, 6.07) is 5.79. The van der Waals surface area contributed by atoms with Gasteiger partial charge in [-0.15, -0.1) is 11.3 Å². The van der Waals surface area contributed by atoms with Crippen LogP contribution in [-0.4, -0.2) is 37.6 Å². The number of carbonyl (C=O) groups excluding carboxylic acids is 2. The van der Waals surface area contributed by atoms with Crippen LogP contribution in [0.5, 0.6) is 5.75 Å². The normalized spacial score (nSPS) is 13.3. The molecule has 3 atom stereocenters. The number of carbonyl (C=O) groups is 2. The molecule has 0 aliphatic carbocycles. The van der Waals surface area contributed by atoms with Gasteiger partial charge in [0.25, 0.3) is 11.8 Å². The lowest BCUT2D eigenvalue weighted by Gasteiger charge is -2.21. The molecule has 3 rings (SSSR count). The number of anilines is 1. The van der Waals surface area contributed by atoms with E-state index in [9.17, 15) is 14.0 Å². The molecule has 3 unspecified atom stereocenters. The molecule has 0 aliphatic heterocycles. The summed E-state index contributed by atoms with van der Waals surface area (Å²) < 4.78 is 25.0. The molecule has 2 aromatic carbocycles. The Morgan fingerprint density at radius 3 is 2.39 bits per heavy atom. The van der Waals surface area contributed by atoms with E-state index in [1.165, 1.54) is 44.3 Å². The summed E-state index contributed by atoms with van der Waals surface area (Å²) >= 11 is 1.35. The van der Waals surface area contributed by atoms with Gasteiger partial charge in [-0.2, -0.15) is 0 Å². The number of primary amides is 1. The Morgan fingerprint density at radius 2 is 1.82 bits per heavy atom. The van der Waals surface area contributed by atoms with Crippen LogP contribution < -0.4 is 15.8 Å². The molecule has 0 saturated heterocycles. The lowest BCUT2D eigenvalue weighted by molar-refractivity contribution is 0.100. The number of hydrogen-bond acceptors (Lipinski definition) is 6. The fourth-order valence-electron chi connectivity index (χ4n) is 4.27. The molecule has 0 fully saturated rings. The predicted molar refractivity (Wildman–Crippen MR) is 153 cm³/mol. The number of halogens is 1. The number of amides is 2. The van der Waals surface area contributed by atoms with E-state index in [4.69, 9.17) is 15.2 Å². The number of rotatable bonds is 10. The van der Waals surface area contributed by atoms with Gasteiger partial charge < -0.3 is 20.5 Å². The molecule has 208 valence electrons. The number of hydrogen-bond donors (Lipinski definition) is 2. The molecular weight excluding hydrogens is 505 g/mol. The predicted octanol–water partition coefficient (Wildman–Crippen LogP) is 6.75. The van der Waals surface area contributed by atoms with Gasteiger partial charge >= 0.3 is 0 Å². The van der Waals surface area contributed by atoms with Gasteiger partial charge in [-0.1, -0.05) is 34.1 Å². The first-order valence-corrected chi connectivity index (χ1v) is 13.6. The molecule has 7 nitrogen and oxygen atoms in total. The van der Waals surface area contributed by atoms with Crippen molar-refractivity contribution in [3.8, 4) is 5.75 Å². The van der Waals surface area contributed by atoms with E-state index >= 15 is 0 Å². The van der Waals surface area contributed by atoms with Gasteiger partial charge in [0.15, 0.2) is 0 Å². The van der Waals surface area contributed by atoms with Crippen LogP contribution in [0.2, 0.25) is 0 Å². The van der Waals surface area contributed by atoms with Gasteiger partial charge in [-0.3, -0.25) is 9.59 Å². The third-order valence-corrected chi connectivity index (χ3v) is 7.73. The fraction of sp³-hybridized carbons (Fsp3) is 0.483. The summed E-state index contributed by atoms with van der Waals surface area (Å²) in [4.78, 5) is 28.9. The highest BCUT2D eigenvalue weighted by Gasteiger charge is 2.22. The summed E-state index contributed by atoms with van der Waals surface area (Å²) in [5.41, 5.74) is 6.57. The number of nitrogens with two attached hydrogens (primary N) is 1. The van der Waals surface area contributed by atoms with Crippen molar-refractivity contribution in [2.24, 2.45) is 23.5 Å². The molecule has 3 aromatic rings. The molecule has 0 spiro atoms. The summed E-state index contributed by atoms with van der Waals surface area (Å²) in [5.74, 6) is 0.892. The number of ether oxygens (including phenoxy) is 2. The highest BCUT2D eigenvalue weighted by molar-refractivity contribution is 7.19. The van der Waals surface area contributed by atoms with E-state index in [1.807, 2.05) is 6.92 Å². The van der Waals surface area contributed by atoms with Gasteiger partial charge in [-0.05, 0) is 67.9 Å². The summed E-state index contributed by atoms with van der Waals surface area (Å²) in [6.45, 7) is 13.5. The number of methoxy groups -OCH3 is 2. The number of aryl methyl sites for hydroxylation is 2. The third kappa shape index (κ3) is 7.98. The van der Waals surface area contributed by atoms with E-state index in [-0.39, 0.29) is 22.4 Å². The van der Waals surface area contributed by atoms with Gasteiger partial charge in [-0.25, -0.2) is 9.37 Å². The van der Waals surface area contributed by atoms with Crippen LogP contribution >= 0.6 is 11.3 Å². The zero-order chi connectivity index (χ0) is 28.6. The quantitative estimate of drug-likeness (QED) is 0.293. The lowest BCUT2D eigenvalue weighted by Crippen LogP contribution is -2.19. The van der Waals surface area contributed by atoms with Crippen molar-refractivity contribution in [1.82, 2.24) is 4.98 Å². The van der Waals surface area contributed by atoms with E-state index in [0.717, 1.165) is 29.5 Å². The largest absolute Gasteiger partial charge is 0.496 e. The van der Waals surface area contributed by atoms with E-state index < -0.39 is 17.6 Å². The monoisotopic (exact) mass is 545 g/mol. The van der Waals surface area contributed by atoms with Crippen molar-refractivity contribution in [2.75, 3.05) is 26.1 Å². The van der Waals surface area contributed by atoms with E-state index in [0.29, 0.717) is 21.9 Å². The topological polar surface area (TPSA) is 104 Å². The van der Waals surface area contributed by atoms with Crippen molar-refractivity contribution >= 4 is 39.1 Å². The maximum Gasteiger partial charge on any atom is 0.260 e. The Bertz CT molecular complexity index is 1260. The second kappa shape index (κ2) is 14.2. The molecule has 38 heavy (non-hydrogen) atoms. The first-order chi connectivity index (χ1) is 17.9. The SMILES string of the molecule is CCC(C)C(C)CC(C)COC.COc1ccc2nc(C)sc2c1C(=O)Nc1cc(F)c(C)cc1C(N)=O. The number of nitrogens with one attached hydrogen (secondary N) is 1. The summed E-state index contributed by atoms with van der Waals surface area (Å²) in [5, 5.41) is 3.36. The van der Waals surface area contributed by atoms with Crippen LogP contribution in [0.15, 0.2) is 24.3 Å². The molecular formula is C29H40FN3O4S. The van der Waals surface area contributed by atoms with Gasteiger partial charge in [0, 0.05) is 13.7 Å². The maximum absolute atomic E-state index is 13.9. The zero-order valence-corrected chi connectivity index (χ0v) is 24.4. The lowest BCUT2D eigenvalue weighted by atomic mass is 9.86. The number of aromatic nitrogens is 1. The first kappa shape index (κ1) is 31.2. The molecule has 0 saturated carbocycles. The maximum atomic E-state index is 13.9. The number of benzene rings is 2. The van der Waals surface area contributed by atoms with Crippen LogP contribution in [0.3, 0.4) is 0 Å². The average Bonchev–Trinajstić information content (AvgIpc) is 3.25. The van der Waals surface area contributed by atoms with Gasteiger partial charge in [0.2, 0.25) is 0 Å². The minimum atomic E-state index is -0.762. The van der Waals surface area contributed by atoms with Crippen molar-refractivity contribution in [3.63, 3.8) is 0 Å². The molecule has 9 heteroatoms. The Balaban J connectivity index is 0.000000358. The van der Waals surface area contributed by atoms with Gasteiger partial charge in [0.05, 0.1) is 33.6 Å². The second-order valence-electron chi connectivity index (χ2n) is 9.85. The minimum Gasteiger partial charge on any atom is -0.496 e. The average molecular weight is 546 g/mol. The second-order valence-corrected chi connectivity index (χ2v) is 11.1. The van der Waals surface area contributed by atoms with Crippen molar-refractivity contribution in [3.05, 3.63) is 51.8 Å². The van der Waals surface area contributed by atoms with Gasteiger partial charge in [0.1, 0.15) is 17.1 Å². The molecule has 0 bridgehead atoms. The van der Waals surface area contributed by atoms with Crippen molar-refractivity contribution in [2.45, 2.75) is 54.4 Å². The minimum absolute atomic E-state index is 0.00546. The standard InChI is InChI=1S/C18H16FN3O3S.C11H24O/c1-8-6-10(17(20)23)13(7-11(8)19)22-18(24)15-14(25-3)5-4-12-16(15)26-9(2)21-12;1-6-10(3)11(4)7-9(2)8-12-5/h4-7H,1-3H3,(H2,20,23)(H,22,24);9-11H,6-8H2,1-5H3. The van der Waals surface area contributed by atoms with Crippen molar-refractivity contribution < 1.29 is 23.5 Å². The smallest absolute Gasteiger partial charge is 0.260 e. The fourth-order valence-corrected chi connectivity index (χ4v) is 5.22. The number of nitrogens with zero attached hydrogens (tertiary/aromatic N) is 1.